The van der Waals surface area contributed by atoms with Gasteiger partial charge in [0, 0.05) is 21.8 Å². The van der Waals surface area contributed by atoms with E-state index in [0.717, 1.165) is 11.1 Å². The lowest BCUT2D eigenvalue weighted by Gasteiger charge is -1.99. The third-order valence-electron chi connectivity index (χ3n) is 2.71. The molecule has 3 aromatic rings. The number of hydrogen-bond donors (Lipinski definition) is 2. The number of halogens is 1. The molecule has 0 saturated carbocycles. The van der Waals surface area contributed by atoms with Crippen LogP contribution in [0.3, 0.4) is 0 Å². The summed E-state index contributed by atoms with van der Waals surface area (Å²) >= 11 is 5.98. The van der Waals surface area contributed by atoms with Crippen LogP contribution in [0.5, 0.6) is 0 Å². The summed E-state index contributed by atoms with van der Waals surface area (Å²) in [5, 5.41) is 7.68. The molecule has 5 heteroatoms. The van der Waals surface area contributed by atoms with Crippen LogP contribution < -0.4 is 5.73 Å². The molecule has 2 aromatic carbocycles. The lowest BCUT2D eigenvalue weighted by molar-refractivity contribution is 1.10. The first-order valence-electron chi connectivity index (χ1n) is 5.76. The van der Waals surface area contributed by atoms with Gasteiger partial charge in [-0.2, -0.15) is 5.10 Å². The van der Waals surface area contributed by atoms with E-state index in [1.807, 2.05) is 30.3 Å². The predicted molar refractivity (Wildman–Crippen MR) is 76.7 cm³/mol. The third kappa shape index (κ3) is 2.44. The Balaban J connectivity index is 2.02. The fourth-order valence-electron chi connectivity index (χ4n) is 1.86. The van der Waals surface area contributed by atoms with Gasteiger partial charge in [0.1, 0.15) is 0 Å². The van der Waals surface area contributed by atoms with Crippen LogP contribution in [0.4, 0.5) is 5.69 Å². The molecule has 0 aliphatic carbocycles. The van der Waals surface area contributed by atoms with E-state index in [2.05, 4.69) is 15.2 Å². The predicted octanol–water partition coefficient (Wildman–Crippen LogP) is 3.37. The van der Waals surface area contributed by atoms with Crippen LogP contribution in [-0.2, 0) is 0 Å². The summed E-state index contributed by atoms with van der Waals surface area (Å²) in [6, 6.07) is 15.1. The normalized spacial score (nSPS) is 10.6. The fourth-order valence-corrected chi connectivity index (χ4v) is 2.10. The molecular weight excluding hydrogens is 260 g/mol. The number of anilines is 1. The highest BCUT2D eigenvalue weighted by molar-refractivity contribution is 6.31. The number of H-pyrrole nitrogens is 1. The van der Waals surface area contributed by atoms with Crippen LogP contribution >= 0.6 is 11.6 Å². The van der Waals surface area contributed by atoms with Crippen LogP contribution in [0.2, 0.25) is 5.02 Å². The molecule has 3 rings (SSSR count). The molecule has 0 radical (unpaired) electrons. The van der Waals surface area contributed by atoms with E-state index in [1.165, 1.54) is 0 Å². The quantitative estimate of drug-likeness (QED) is 0.702. The molecule has 0 aliphatic rings. The smallest absolute Gasteiger partial charge is 0.181 e. The average molecular weight is 271 g/mol. The Morgan fingerprint density at radius 1 is 1.00 bits per heavy atom. The van der Waals surface area contributed by atoms with Crippen LogP contribution in [0, 0.1) is 0 Å². The Labute approximate surface area is 115 Å². The number of aromatic nitrogens is 3. The van der Waals surface area contributed by atoms with Crippen molar-refractivity contribution in [1.29, 1.82) is 0 Å². The Kier molecular flexibility index (Phi) is 2.93. The Morgan fingerprint density at radius 3 is 2.53 bits per heavy atom. The van der Waals surface area contributed by atoms with E-state index in [1.54, 1.807) is 18.2 Å². The number of nitrogens with two attached hydrogens (primary N) is 1. The number of nitrogens with one attached hydrogen (secondary N) is 1. The maximum absolute atomic E-state index is 5.98. The van der Waals surface area contributed by atoms with Gasteiger partial charge in [-0.1, -0.05) is 41.9 Å². The van der Waals surface area contributed by atoms with Crippen molar-refractivity contribution in [3.8, 4) is 22.8 Å². The van der Waals surface area contributed by atoms with Crippen molar-refractivity contribution < 1.29 is 0 Å². The Morgan fingerprint density at radius 2 is 1.79 bits per heavy atom. The maximum atomic E-state index is 5.98. The monoisotopic (exact) mass is 270 g/mol. The van der Waals surface area contributed by atoms with Gasteiger partial charge in [-0.05, 0) is 18.2 Å². The summed E-state index contributed by atoms with van der Waals surface area (Å²) in [6.07, 6.45) is 0. The van der Waals surface area contributed by atoms with Gasteiger partial charge in [0.05, 0.1) is 0 Å². The molecule has 0 spiro atoms. The summed E-state index contributed by atoms with van der Waals surface area (Å²) in [5.41, 5.74) is 8.13. The zero-order valence-electron chi connectivity index (χ0n) is 9.97. The minimum atomic E-state index is 0.570. The lowest BCUT2D eigenvalue weighted by atomic mass is 10.2. The summed E-state index contributed by atoms with van der Waals surface area (Å²) in [4.78, 5) is 4.45. The summed E-state index contributed by atoms with van der Waals surface area (Å²) in [5.74, 6) is 1.29. The third-order valence-corrected chi connectivity index (χ3v) is 2.93. The molecule has 3 N–H and O–H groups in total. The Hall–Kier alpha value is -2.33. The molecule has 0 aliphatic heterocycles. The number of nitrogens with zero attached hydrogens (tertiary/aromatic N) is 2. The van der Waals surface area contributed by atoms with Crippen molar-refractivity contribution in [3.05, 3.63) is 53.6 Å². The number of rotatable bonds is 2. The molecule has 0 atom stereocenters. The zero-order chi connectivity index (χ0) is 13.2. The number of hydrogen-bond acceptors (Lipinski definition) is 3. The van der Waals surface area contributed by atoms with E-state index in [0.29, 0.717) is 22.4 Å². The summed E-state index contributed by atoms with van der Waals surface area (Å²) < 4.78 is 0. The molecule has 0 fully saturated rings. The number of benzene rings is 2. The van der Waals surface area contributed by atoms with E-state index in [4.69, 9.17) is 17.3 Å². The largest absolute Gasteiger partial charge is 0.399 e. The van der Waals surface area contributed by atoms with Crippen molar-refractivity contribution in [2.45, 2.75) is 0 Å². The molecule has 0 saturated heterocycles. The molecular formula is C14H11ClN4. The van der Waals surface area contributed by atoms with Gasteiger partial charge in [-0.25, -0.2) is 4.98 Å². The van der Waals surface area contributed by atoms with Crippen LogP contribution in [0.1, 0.15) is 0 Å². The standard InChI is InChI=1S/C14H11ClN4/c15-11-6-10(7-12(16)8-11)14-17-13(18-19-14)9-4-2-1-3-5-9/h1-8H,16H2,(H,17,18,19). The second kappa shape index (κ2) is 4.74. The first kappa shape index (κ1) is 11.7. The first-order valence-corrected chi connectivity index (χ1v) is 6.14. The summed E-state index contributed by atoms with van der Waals surface area (Å²) in [6.45, 7) is 0. The second-order valence-corrected chi connectivity index (χ2v) is 4.58. The highest BCUT2D eigenvalue weighted by Crippen LogP contribution is 2.25. The number of aromatic amines is 1. The molecule has 1 heterocycles. The molecule has 0 amide bonds. The van der Waals surface area contributed by atoms with Gasteiger partial charge < -0.3 is 5.73 Å². The van der Waals surface area contributed by atoms with Crippen molar-refractivity contribution in [2.75, 3.05) is 5.73 Å². The Bertz CT molecular complexity index is 686. The summed E-state index contributed by atoms with van der Waals surface area (Å²) in [7, 11) is 0. The highest BCUT2D eigenvalue weighted by atomic mass is 35.5. The minimum Gasteiger partial charge on any atom is -0.399 e. The van der Waals surface area contributed by atoms with Gasteiger partial charge in [0.25, 0.3) is 0 Å². The topological polar surface area (TPSA) is 67.6 Å². The van der Waals surface area contributed by atoms with E-state index in [-0.39, 0.29) is 0 Å². The minimum absolute atomic E-state index is 0.570. The zero-order valence-corrected chi connectivity index (χ0v) is 10.7. The van der Waals surface area contributed by atoms with E-state index < -0.39 is 0 Å². The van der Waals surface area contributed by atoms with Gasteiger partial charge in [0.2, 0.25) is 0 Å². The average Bonchev–Trinajstić information content (AvgIpc) is 2.88. The van der Waals surface area contributed by atoms with E-state index in [9.17, 15) is 0 Å². The van der Waals surface area contributed by atoms with Crippen molar-refractivity contribution in [1.82, 2.24) is 15.2 Å². The first-order chi connectivity index (χ1) is 9.22. The van der Waals surface area contributed by atoms with Crippen LogP contribution in [-0.4, -0.2) is 15.2 Å². The molecule has 1 aromatic heterocycles. The molecule has 94 valence electrons. The molecule has 0 bridgehead atoms. The SMILES string of the molecule is Nc1cc(Cl)cc(-c2n[nH]c(-c3ccccc3)n2)c1. The van der Waals surface area contributed by atoms with Crippen molar-refractivity contribution in [2.24, 2.45) is 0 Å². The highest BCUT2D eigenvalue weighted by Gasteiger charge is 2.08. The van der Waals surface area contributed by atoms with Crippen molar-refractivity contribution in [3.63, 3.8) is 0 Å². The fraction of sp³-hybridized carbons (Fsp3) is 0. The van der Waals surface area contributed by atoms with Gasteiger partial charge in [-0.15, -0.1) is 0 Å². The second-order valence-electron chi connectivity index (χ2n) is 4.15. The van der Waals surface area contributed by atoms with Gasteiger partial charge in [0.15, 0.2) is 11.6 Å². The molecule has 19 heavy (non-hydrogen) atoms. The lowest BCUT2D eigenvalue weighted by Crippen LogP contribution is -1.87. The maximum Gasteiger partial charge on any atom is 0.181 e. The van der Waals surface area contributed by atoms with Crippen LogP contribution in [0.25, 0.3) is 22.8 Å². The van der Waals surface area contributed by atoms with Crippen LogP contribution in [0.15, 0.2) is 48.5 Å². The van der Waals surface area contributed by atoms with E-state index >= 15 is 0 Å². The molecule has 0 unspecified atom stereocenters. The number of nitrogen functional groups attached to an aromatic ring is 1. The van der Waals surface area contributed by atoms with Crippen molar-refractivity contribution >= 4 is 17.3 Å². The van der Waals surface area contributed by atoms with Gasteiger partial charge >= 0.3 is 0 Å². The molecule has 4 nitrogen and oxygen atoms in total. The van der Waals surface area contributed by atoms with Gasteiger partial charge in [-0.3, -0.25) is 5.10 Å².